The summed E-state index contributed by atoms with van der Waals surface area (Å²) >= 11 is 1.27. The lowest BCUT2D eigenvalue weighted by Gasteiger charge is -2.16. The van der Waals surface area contributed by atoms with Gasteiger partial charge in [-0.3, -0.25) is 9.78 Å². The van der Waals surface area contributed by atoms with Gasteiger partial charge in [0.25, 0.3) is 10.0 Å². The number of benzene rings is 1. The molecule has 1 aromatic heterocycles. The van der Waals surface area contributed by atoms with E-state index in [0.717, 1.165) is 16.0 Å². The zero-order valence-electron chi connectivity index (χ0n) is 12.8. The summed E-state index contributed by atoms with van der Waals surface area (Å²) in [7, 11) is -3.79. The number of allylic oxidation sites excluding steroid dienone is 1. The predicted octanol–water partition coefficient (Wildman–Crippen LogP) is 2.61. The van der Waals surface area contributed by atoms with E-state index in [9.17, 15) is 13.2 Å². The quantitative estimate of drug-likeness (QED) is 0.830. The molecule has 0 radical (unpaired) electrons. The van der Waals surface area contributed by atoms with Crippen LogP contribution >= 0.6 is 11.8 Å². The molecule has 7 heteroatoms. The Morgan fingerprint density at radius 2 is 1.88 bits per heavy atom. The van der Waals surface area contributed by atoms with Crippen LogP contribution in [0.1, 0.15) is 17.5 Å². The van der Waals surface area contributed by atoms with Crippen molar-refractivity contribution in [3.8, 4) is 0 Å². The molecule has 0 unspecified atom stereocenters. The van der Waals surface area contributed by atoms with E-state index in [1.165, 1.54) is 11.8 Å². The molecule has 1 aromatic carbocycles. The number of sulfonamides is 1. The average molecular weight is 360 g/mol. The highest BCUT2D eigenvalue weighted by molar-refractivity contribution is 8.00. The minimum Gasteiger partial charge on any atom is -0.273 e. The first kappa shape index (κ1) is 16.7. The number of rotatable bonds is 5. The number of carbonyl (C=O) groups is 1. The van der Waals surface area contributed by atoms with Crippen LogP contribution in [0.4, 0.5) is 0 Å². The van der Waals surface area contributed by atoms with E-state index in [2.05, 4.69) is 9.71 Å². The number of aryl methyl sites for hydroxylation is 1. The lowest BCUT2D eigenvalue weighted by atomic mass is 9.98. The highest BCUT2D eigenvalue weighted by atomic mass is 32.2. The number of nitrogens with one attached hydrogen (secondary N) is 1. The Kier molecular flexibility index (Phi) is 5.01. The molecule has 1 aliphatic carbocycles. The number of pyridine rings is 1. The Morgan fingerprint density at radius 1 is 1.12 bits per heavy atom. The van der Waals surface area contributed by atoms with Crippen LogP contribution in [0.5, 0.6) is 0 Å². The number of amides is 1. The fraction of sp³-hybridized carbons (Fsp3) is 0.176. The monoisotopic (exact) mass is 360 g/mol. The van der Waals surface area contributed by atoms with E-state index in [0.29, 0.717) is 12.8 Å². The Labute approximate surface area is 145 Å². The third-order valence-corrected chi connectivity index (χ3v) is 6.15. The van der Waals surface area contributed by atoms with Crippen LogP contribution in [-0.2, 0) is 21.2 Å². The van der Waals surface area contributed by atoms with Gasteiger partial charge in [-0.25, -0.2) is 13.1 Å². The Morgan fingerprint density at radius 3 is 2.67 bits per heavy atom. The Hall–Kier alpha value is -2.12. The van der Waals surface area contributed by atoms with Gasteiger partial charge < -0.3 is 0 Å². The van der Waals surface area contributed by atoms with E-state index in [1.54, 1.807) is 30.6 Å². The smallest absolute Gasteiger partial charge is 0.260 e. The standard InChI is InChI=1S/C17H16N2O3S2/c20-17(12-23-15-7-9-18-10-8-15)19-24(21,22)16-6-5-13-3-1-2-4-14(13)11-16/h1-4,7-11H,5-6,12H2,(H,19,20). The number of hydrogen-bond acceptors (Lipinski definition) is 5. The van der Waals surface area contributed by atoms with Crippen LogP contribution in [0.3, 0.4) is 0 Å². The van der Waals surface area contributed by atoms with Gasteiger partial charge in [0.15, 0.2) is 0 Å². The van der Waals surface area contributed by atoms with Crippen molar-refractivity contribution >= 4 is 33.8 Å². The fourth-order valence-corrected chi connectivity index (χ4v) is 4.38. The Balaban J connectivity index is 1.66. The van der Waals surface area contributed by atoms with Gasteiger partial charge in [-0.1, -0.05) is 24.3 Å². The van der Waals surface area contributed by atoms with Crippen LogP contribution < -0.4 is 4.72 Å². The minimum absolute atomic E-state index is 0.0348. The molecule has 0 spiro atoms. The van der Waals surface area contributed by atoms with Crippen LogP contribution in [0.2, 0.25) is 0 Å². The summed E-state index contributed by atoms with van der Waals surface area (Å²) in [5, 5.41) is 0. The van der Waals surface area contributed by atoms with Gasteiger partial charge in [0.1, 0.15) is 0 Å². The first-order valence-corrected chi connectivity index (χ1v) is 9.88. The van der Waals surface area contributed by atoms with Gasteiger partial charge >= 0.3 is 0 Å². The molecule has 0 atom stereocenters. The molecule has 0 aliphatic heterocycles. The largest absolute Gasteiger partial charge is 0.273 e. The third-order valence-electron chi connectivity index (χ3n) is 3.63. The summed E-state index contributed by atoms with van der Waals surface area (Å²) in [4.78, 5) is 17.0. The van der Waals surface area contributed by atoms with Gasteiger partial charge in [-0.2, -0.15) is 0 Å². The van der Waals surface area contributed by atoms with Crippen molar-refractivity contribution < 1.29 is 13.2 Å². The first-order valence-electron chi connectivity index (χ1n) is 7.41. The summed E-state index contributed by atoms with van der Waals surface area (Å²) in [6.07, 6.45) is 5.95. The third kappa shape index (κ3) is 4.04. The highest BCUT2D eigenvalue weighted by Crippen LogP contribution is 2.26. The van der Waals surface area contributed by atoms with Crippen LogP contribution in [-0.4, -0.2) is 25.1 Å². The number of fused-ring (bicyclic) bond motifs is 1. The van der Waals surface area contributed by atoms with Gasteiger partial charge in [0.2, 0.25) is 5.91 Å². The molecular formula is C17H16N2O3S2. The topological polar surface area (TPSA) is 76.1 Å². The number of hydrogen-bond donors (Lipinski definition) is 1. The van der Waals surface area contributed by atoms with Crippen molar-refractivity contribution in [2.75, 3.05) is 5.75 Å². The molecule has 1 heterocycles. The van der Waals surface area contributed by atoms with Gasteiger partial charge in [-0.15, -0.1) is 11.8 Å². The minimum atomic E-state index is -3.79. The van der Waals surface area contributed by atoms with Crippen molar-refractivity contribution in [3.05, 3.63) is 64.8 Å². The van der Waals surface area contributed by atoms with E-state index < -0.39 is 15.9 Å². The van der Waals surface area contributed by atoms with E-state index in [-0.39, 0.29) is 10.7 Å². The molecule has 3 rings (SSSR count). The molecule has 24 heavy (non-hydrogen) atoms. The predicted molar refractivity (Wildman–Crippen MR) is 94.8 cm³/mol. The molecule has 2 aromatic rings. The fourth-order valence-electron chi connectivity index (χ4n) is 2.45. The maximum absolute atomic E-state index is 12.4. The van der Waals surface area contributed by atoms with Crippen molar-refractivity contribution in [2.45, 2.75) is 17.7 Å². The summed E-state index contributed by atoms with van der Waals surface area (Å²) in [5.41, 5.74) is 2.01. The molecule has 0 saturated carbocycles. The van der Waals surface area contributed by atoms with Crippen molar-refractivity contribution in [3.63, 3.8) is 0 Å². The number of nitrogens with zero attached hydrogens (tertiary/aromatic N) is 1. The Bertz CT molecular complexity index is 878. The second kappa shape index (κ2) is 7.19. The maximum atomic E-state index is 12.4. The zero-order chi connectivity index (χ0) is 17.0. The first-order chi connectivity index (χ1) is 11.5. The van der Waals surface area contributed by atoms with Gasteiger partial charge in [-0.05, 0) is 42.2 Å². The highest BCUT2D eigenvalue weighted by Gasteiger charge is 2.23. The summed E-state index contributed by atoms with van der Waals surface area (Å²) in [6, 6.07) is 11.2. The van der Waals surface area contributed by atoms with Crippen LogP contribution in [0.15, 0.2) is 58.6 Å². The van der Waals surface area contributed by atoms with Crippen molar-refractivity contribution in [1.29, 1.82) is 0 Å². The maximum Gasteiger partial charge on any atom is 0.260 e. The molecule has 0 bridgehead atoms. The SMILES string of the molecule is O=C(CSc1ccncc1)NS(=O)(=O)C1=Cc2ccccc2CC1. The molecule has 124 valence electrons. The number of thioether (sulfide) groups is 1. The molecule has 5 nitrogen and oxygen atoms in total. The van der Waals surface area contributed by atoms with Crippen molar-refractivity contribution in [1.82, 2.24) is 9.71 Å². The van der Waals surface area contributed by atoms with Crippen molar-refractivity contribution in [2.24, 2.45) is 0 Å². The van der Waals surface area contributed by atoms with Crippen LogP contribution in [0.25, 0.3) is 6.08 Å². The molecule has 0 saturated heterocycles. The van der Waals surface area contributed by atoms with E-state index >= 15 is 0 Å². The second-order valence-electron chi connectivity index (χ2n) is 5.31. The number of carbonyl (C=O) groups excluding carboxylic acids is 1. The summed E-state index contributed by atoms with van der Waals surface area (Å²) < 4.78 is 27.0. The summed E-state index contributed by atoms with van der Waals surface area (Å²) in [5.74, 6) is -0.496. The average Bonchev–Trinajstić information content (AvgIpc) is 2.60. The van der Waals surface area contributed by atoms with Crippen LogP contribution in [0, 0.1) is 0 Å². The molecule has 1 N–H and O–H groups in total. The van der Waals surface area contributed by atoms with Gasteiger partial charge in [0.05, 0.1) is 10.7 Å². The zero-order valence-corrected chi connectivity index (χ0v) is 14.4. The molecule has 0 fully saturated rings. The lowest BCUT2D eigenvalue weighted by molar-refractivity contribution is -0.116. The lowest BCUT2D eigenvalue weighted by Crippen LogP contribution is -2.33. The normalized spacial score (nSPS) is 13.8. The second-order valence-corrected chi connectivity index (χ2v) is 8.09. The molecule has 1 amide bonds. The summed E-state index contributed by atoms with van der Waals surface area (Å²) in [6.45, 7) is 0. The number of aromatic nitrogens is 1. The van der Waals surface area contributed by atoms with Gasteiger partial charge in [0, 0.05) is 17.3 Å². The van der Waals surface area contributed by atoms with E-state index in [4.69, 9.17) is 0 Å². The van der Waals surface area contributed by atoms with E-state index in [1.807, 2.05) is 24.3 Å². The molecular weight excluding hydrogens is 344 g/mol. The molecule has 1 aliphatic rings.